The van der Waals surface area contributed by atoms with Gasteiger partial charge in [-0.25, -0.2) is 0 Å². The highest BCUT2D eigenvalue weighted by Crippen LogP contribution is 2.15. The van der Waals surface area contributed by atoms with Gasteiger partial charge in [-0.05, 0) is 12.5 Å². The molecule has 2 N–H and O–H groups in total. The Morgan fingerprint density at radius 3 is 2.85 bits per heavy atom. The van der Waals surface area contributed by atoms with Crippen LogP contribution in [0.2, 0.25) is 0 Å². The normalized spacial score (nSPS) is 26.6. The molecule has 0 heterocycles. The minimum absolute atomic E-state index is 0.595. The Balaban J connectivity index is 2.19. The molecule has 1 unspecified atom stereocenters. The Morgan fingerprint density at radius 2 is 2.23 bits per heavy atom. The van der Waals surface area contributed by atoms with E-state index in [2.05, 4.69) is 0 Å². The van der Waals surface area contributed by atoms with E-state index >= 15 is 0 Å². The van der Waals surface area contributed by atoms with E-state index < -0.39 is 5.72 Å². The van der Waals surface area contributed by atoms with Crippen LogP contribution in [0.15, 0.2) is 24.3 Å². The van der Waals surface area contributed by atoms with Crippen molar-refractivity contribution in [3.8, 4) is 0 Å². The number of hydrogen-bond donors (Lipinski definition) is 1. The maximum Gasteiger partial charge on any atom is 0.139 e. The summed E-state index contributed by atoms with van der Waals surface area (Å²) in [4.78, 5) is 0. The summed E-state index contributed by atoms with van der Waals surface area (Å²) < 4.78 is 10.4. The quantitative estimate of drug-likeness (QED) is 0.514. The third-order valence-corrected chi connectivity index (χ3v) is 1.93. The van der Waals surface area contributed by atoms with Gasteiger partial charge >= 0.3 is 0 Å². The van der Waals surface area contributed by atoms with Crippen LogP contribution in [-0.2, 0) is 9.47 Å². The number of allylic oxidation sites excluding steroid dienone is 2. The lowest BCUT2D eigenvalue weighted by atomic mass is 10.1. The van der Waals surface area contributed by atoms with Crippen LogP contribution in [0.5, 0.6) is 0 Å². The van der Waals surface area contributed by atoms with Gasteiger partial charge in [0.15, 0.2) is 0 Å². The molecule has 0 fully saturated rings. The van der Waals surface area contributed by atoms with Gasteiger partial charge in [0.1, 0.15) is 5.72 Å². The lowest BCUT2D eigenvalue weighted by molar-refractivity contribution is -0.0106. The Hall–Kier alpha value is -0.640. The van der Waals surface area contributed by atoms with Crippen LogP contribution in [0.4, 0.5) is 0 Å². The third kappa shape index (κ3) is 3.72. The lowest BCUT2D eigenvalue weighted by Crippen LogP contribution is -2.41. The highest BCUT2D eigenvalue weighted by molar-refractivity contribution is 5.16. The number of nitrogens with two attached hydrogens (primary N) is 1. The largest absolute Gasteiger partial charge is 0.385 e. The SMILES string of the molecule is COCCCOC1(N)C=CC=CC1. The zero-order valence-electron chi connectivity index (χ0n) is 8.03. The van der Waals surface area contributed by atoms with E-state index in [4.69, 9.17) is 15.2 Å². The second kappa shape index (κ2) is 5.17. The molecule has 1 atom stereocenters. The van der Waals surface area contributed by atoms with Crippen molar-refractivity contribution in [3.63, 3.8) is 0 Å². The molecule has 0 amide bonds. The predicted octanol–water partition coefficient (Wildman–Crippen LogP) is 1.21. The summed E-state index contributed by atoms with van der Waals surface area (Å²) in [7, 11) is 1.68. The maximum absolute atomic E-state index is 5.94. The Bertz CT molecular complexity index is 201. The molecule has 0 aromatic carbocycles. The van der Waals surface area contributed by atoms with Crippen molar-refractivity contribution in [1.29, 1.82) is 0 Å². The molecule has 1 rings (SSSR count). The molecule has 0 aromatic rings. The molecular weight excluding hydrogens is 166 g/mol. The molecule has 0 spiro atoms. The summed E-state index contributed by atoms with van der Waals surface area (Å²) in [5.41, 5.74) is 5.35. The first-order chi connectivity index (χ1) is 6.27. The number of rotatable bonds is 5. The van der Waals surface area contributed by atoms with Crippen LogP contribution in [0.1, 0.15) is 12.8 Å². The van der Waals surface area contributed by atoms with Crippen molar-refractivity contribution in [2.75, 3.05) is 20.3 Å². The predicted molar refractivity (Wildman–Crippen MR) is 52.3 cm³/mol. The zero-order valence-corrected chi connectivity index (χ0v) is 8.03. The summed E-state index contributed by atoms with van der Waals surface area (Å²) in [6.45, 7) is 1.36. The van der Waals surface area contributed by atoms with Crippen LogP contribution in [0.3, 0.4) is 0 Å². The third-order valence-electron chi connectivity index (χ3n) is 1.93. The van der Waals surface area contributed by atoms with Gasteiger partial charge in [0, 0.05) is 20.1 Å². The number of methoxy groups -OCH3 is 1. The van der Waals surface area contributed by atoms with E-state index in [0.717, 1.165) is 19.4 Å². The summed E-state index contributed by atoms with van der Waals surface area (Å²) in [5, 5.41) is 0. The average Bonchev–Trinajstić information content (AvgIpc) is 2.14. The van der Waals surface area contributed by atoms with Gasteiger partial charge in [-0.3, -0.25) is 5.73 Å². The van der Waals surface area contributed by atoms with Crippen molar-refractivity contribution in [2.24, 2.45) is 5.73 Å². The smallest absolute Gasteiger partial charge is 0.139 e. The number of hydrogen-bond acceptors (Lipinski definition) is 3. The van der Waals surface area contributed by atoms with Crippen molar-refractivity contribution in [1.82, 2.24) is 0 Å². The van der Waals surface area contributed by atoms with Gasteiger partial charge in [-0.15, -0.1) is 0 Å². The van der Waals surface area contributed by atoms with Gasteiger partial charge in [0.25, 0.3) is 0 Å². The Kier molecular flexibility index (Phi) is 4.15. The molecule has 74 valence electrons. The summed E-state index contributed by atoms with van der Waals surface area (Å²) in [6.07, 6.45) is 9.42. The van der Waals surface area contributed by atoms with Gasteiger partial charge < -0.3 is 9.47 Å². The highest BCUT2D eigenvalue weighted by Gasteiger charge is 2.21. The molecule has 0 bridgehead atoms. The molecule has 0 aromatic heterocycles. The molecule has 0 radical (unpaired) electrons. The van der Waals surface area contributed by atoms with E-state index in [0.29, 0.717) is 6.61 Å². The molecule has 3 nitrogen and oxygen atoms in total. The Labute approximate surface area is 79.2 Å². The second-order valence-electron chi connectivity index (χ2n) is 3.14. The highest BCUT2D eigenvalue weighted by atomic mass is 16.5. The standard InChI is InChI=1S/C10H17NO2/c1-12-8-5-9-13-10(11)6-3-2-4-7-10/h2-4,6H,5,7-9,11H2,1H3. The van der Waals surface area contributed by atoms with Crippen molar-refractivity contribution in [3.05, 3.63) is 24.3 Å². The van der Waals surface area contributed by atoms with Gasteiger partial charge in [0.2, 0.25) is 0 Å². The molecular formula is C10H17NO2. The average molecular weight is 183 g/mol. The minimum atomic E-state index is -0.595. The molecule has 13 heavy (non-hydrogen) atoms. The zero-order chi connectivity index (χ0) is 9.57. The van der Waals surface area contributed by atoms with Crippen LogP contribution in [0, 0.1) is 0 Å². The van der Waals surface area contributed by atoms with Crippen LogP contribution < -0.4 is 5.73 Å². The molecule has 0 saturated carbocycles. The first-order valence-electron chi connectivity index (χ1n) is 4.53. The fourth-order valence-corrected chi connectivity index (χ4v) is 1.19. The first kappa shape index (κ1) is 10.4. The summed E-state index contributed by atoms with van der Waals surface area (Å²) >= 11 is 0. The molecule has 1 aliphatic rings. The van der Waals surface area contributed by atoms with Crippen molar-refractivity contribution >= 4 is 0 Å². The fourth-order valence-electron chi connectivity index (χ4n) is 1.19. The summed E-state index contributed by atoms with van der Waals surface area (Å²) in [5.74, 6) is 0. The topological polar surface area (TPSA) is 44.5 Å². The fraction of sp³-hybridized carbons (Fsp3) is 0.600. The van der Waals surface area contributed by atoms with E-state index in [1.807, 2.05) is 24.3 Å². The Morgan fingerprint density at radius 1 is 1.38 bits per heavy atom. The second-order valence-corrected chi connectivity index (χ2v) is 3.14. The summed E-state index contributed by atoms with van der Waals surface area (Å²) in [6, 6.07) is 0. The molecule has 0 saturated heterocycles. The van der Waals surface area contributed by atoms with Crippen LogP contribution in [-0.4, -0.2) is 26.0 Å². The first-order valence-corrected chi connectivity index (χ1v) is 4.53. The van der Waals surface area contributed by atoms with Gasteiger partial charge in [-0.1, -0.05) is 18.2 Å². The van der Waals surface area contributed by atoms with Crippen LogP contribution in [0.25, 0.3) is 0 Å². The monoisotopic (exact) mass is 183 g/mol. The molecule has 3 heteroatoms. The lowest BCUT2D eigenvalue weighted by Gasteiger charge is -2.26. The molecule has 1 aliphatic carbocycles. The van der Waals surface area contributed by atoms with Crippen LogP contribution >= 0.6 is 0 Å². The van der Waals surface area contributed by atoms with Gasteiger partial charge in [-0.2, -0.15) is 0 Å². The minimum Gasteiger partial charge on any atom is -0.385 e. The molecule has 0 aliphatic heterocycles. The van der Waals surface area contributed by atoms with Crippen molar-refractivity contribution < 1.29 is 9.47 Å². The van der Waals surface area contributed by atoms with E-state index in [1.165, 1.54) is 0 Å². The van der Waals surface area contributed by atoms with Crippen molar-refractivity contribution in [2.45, 2.75) is 18.6 Å². The van der Waals surface area contributed by atoms with E-state index in [9.17, 15) is 0 Å². The van der Waals surface area contributed by atoms with Gasteiger partial charge in [0.05, 0.1) is 6.61 Å². The number of ether oxygens (including phenoxy) is 2. The maximum atomic E-state index is 5.94. The van der Waals surface area contributed by atoms with E-state index in [1.54, 1.807) is 7.11 Å². The van der Waals surface area contributed by atoms with E-state index in [-0.39, 0.29) is 0 Å².